The fraction of sp³-hybridized carbons (Fsp3) is 0.556. The van der Waals surface area contributed by atoms with E-state index in [1.807, 2.05) is 13.8 Å². The summed E-state index contributed by atoms with van der Waals surface area (Å²) in [6.45, 7) is 4.17. The van der Waals surface area contributed by atoms with E-state index in [1.54, 1.807) is 0 Å². The van der Waals surface area contributed by atoms with Gasteiger partial charge in [-0.2, -0.15) is 13.2 Å². The van der Waals surface area contributed by atoms with Crippen molar-refractivity contribution in [3.63, 3.8) is 0 Å². The highest BCUT2D eigenvalue weighted by molar-refractivity contribution is 5.95. The predicted molar refractivity (Wildman–Crippen MR) is 86.2 cm³/mol. The maximum Gasteiger partial charge on any atom is 0.389 e. The van der Waals surface area contributed by atoms with Crippen molar-refractivity contribution in [1.82, 2.24) is 4.90 Å². The second-order valence-corrected chi connectivity index (χ2v) is 6.90. The Balaban J connectivity index is 2.05. The zero-order chi connectivity index (χ0) is 18.8. The summed E-state index contributed by atoms with van der Waals surface area (Å²) in [5.74, 6) is -1.29. The molecule has 1 saturated heterocycles. The summed E-state index contributed by atoms with van der Waals surface area (Å²) >= 11 is 0. The van der Waals surface area contributed by atoms with Gasteiger partial charge in [-0.25, -0.2) is 0 Å². The van der Waals surface area contributed by atoms with Crippen LogP contribution in [-0.2, 0) is 11.2 Å². The largest absolute Gasteiger partial charge is 0.481 e. The molecule has 1 aromatic carbocycles. The van der Waals surface area contributed by atoms with Crippen LogP contribution in [0.25, 0.3) is 0 Å². The number of alkyl halides is 3. The lowest BCUT2D eigenvalue weighted by Gasteiger charge is -2.28. The van der Waals surface area contributed by atoms with Crippen LogP contribution in [0.3, 0.4) is 0 Å². The maximum absolute atomic E-state index is 12.6. The molecular weight excluding hydrogens is 335 g/mol. The molecule has 1 heterocycles. The van der Waals surface area contributed by atoms with Crippen LogP contribution in [0.5, 0.6) is 0 Å². The van der Waals surface area contributed by atoms with Gasteiger partial charge in [-0.15, -0.1) is 0 Å². The van der Waals surface area contributed by atoms with Gasteiger partial charge in [0.2, 0.25) is 0 Å². The third-order valence-electron chi connectivity index (χ3n) is 5.02. The van der Waals surface area contributed by atoms with Crippen molar-refractivity contribution in [1.29, 1.82) is 0 Å². The van der Waals surface area contributed by atoms with Crippen molar-refractivity contribution >= 4 is 11.9 Å². The van der Waals surface area contributed by atoms with Crippen molar-refractivity contribution in [2.75, 3.05) is 13.1 Å². The van der Waals surface area contributed by atoms with Crippen molar-refractivity contribution < 1.29 is 27.9 Å². The molecule has 1 unspecified atom stereocenters. The van der Waals surface area contributed by atoms with E-state index in [9.17, 15) is 27.9 Å². The molecule has 0 radical (unpaired) electrons. The number of carbonyl (C=O) groups is 2. The Morgan fingerprint density at radius 3 is 2.28 bits per heavy atom. The van der Waals surface area contributed by atoms with Crippen LogP contribution in [0, 0.1) is 11.3 Å². The first-order valence-electron chi connectivity index (χ1n) is 8.23. The Kier molecular flexibility index (Phi) is 5.44. The van der Waals surface area contributed by atoms with Crippen molar-refractivity contribution in [2.45, 2.75) is 39.3 Å². The van der Waals surface area contributed by atoms with Crippen LogP contribution in [0.2, 0.25) is 0 Å². The van der Waals surface area contributed by atoms with Gasteiger partial charge < -0.3 is 10.0 Å². The topological polar surface area (TPSA) is 57.6 Å². The van der Waals surface area contributed by atoms with E-state index < -0.39 is 24.0 Å². The molecule has 25 heavy (non-hydrogen) atoms. The van der Waals surface area contributed by atoms with E-state index in [-0.39, 0.29) is 24.8 Å². The van der Waals surface area contributed by atoms with Crippen LogP contribution in [0.1, 0.15) is 42.6 Å². The summed E-state index contributed by atoms with van der Waals surface area (Å²) < 4.78 is 36.7. The first kappa shape index (κ1) is 19.3. The van der Waals surface area contributed by atoms with Gasteiger partial charge in [0.25, 0.3) is 5.91 Å². The molecule has 1 aliphatic heterocycles. The summed E-state index contributed by atoms with van der Waals surface area (Å²) in [6, 6.07) is 6.04. The van der Waals surface area contributed by atoms with Gasteiger partial charge in [0.1, 0.15) is 0 Å². The number of likely N-dealkylation sites (tertiary alicyclic amines) is 1. The number of hydrogen-bond donors (Lipinski definition) is 1. The third-order valence-corrected chi connectivity index (χ3v) is 5.02. The summed E-state index contributed by atoms with van der Waals surface area (Å²) in [7, 11) is 0. The molecule has 2 rings (SSSR count). The molecule has 0 aliphatic carbocycles. The Labute approximate surface area is 144 Å². The Hall–Kier alpha value is -2.05. The quantitative estimate of drug-likeness (QED) is 0.873. The van der Waals surface area contributed by atoms with Crippen molar-refractivity contribution in [3.8, 4) is 0 Å². The van der Waals surface area contributed by atoms with Crippen molar-refractivity contribution in [3.05, 3.63) is 35.4 Å². The maximum atomic E-state index is 12.6. The number of hydrogen-bond acceptors (Lipinski definition) is 2. The van der Waals surface area contributed by atoms with Gasteiger partial charge in [0.15, 0.2) is 0 Å². The number of nitrogens with zero attached hydrogens (tertiary/aromatic N) is 1. The molecule has 1 amide bonds. The molecular formula is C18H22F3NO3. The first-order valence-corrected chi connectivity index (χ1v) is 8.23. The minimum absolute atomic E-state index is 0.104. The molecule has 0 bridgehead atoms. The fourth-order valence-corrected chi connectivity index (χ4v) is 3.18. The SMILES string of the molecule is CC(C)C1(C(=O)O)CCN(C(=O)c2ccc(CCC(F)(F)F)cc2)C1. The van der Waals surface area contributed by atoms with Gasteiger partial charge in [0.05, 0.1) is 5.41 Å². The van der Waals surface area contributed by atoms with E-state index in [0.29, 0.717) is 24.1 Å². The van der Waals surface area contributed by atoms with Crippen LogP contribution in [-0.4, -0.2) is 41.1 Å². The number of aliphatic carboxylic acids is 1. The molecule has 0 aromatic heterocycles. The number of benzene rings is 1. The number of carboxylic acid groups (broad SMARTS) is 1. The van der Waals surface area contributed by atoms with E-state index in [2.05, 4.69) is 0 Å². The molecule has 1 fully saturated rings. The molecule has 1 atom stereocenters. The van der Waals surface area contributed by atoms with E-state index in [0.717, 1.165) is 0 Å². The summed E-state index contributed by atoms with van der Waals surface area (Å²) in [5.41, 5.74) is -0.0689. The molecule has 138 valence electrons. The molecule has 4 nitrogen and oxygen atoms in total. The molecule has 1 aromatic rings. The van der Waals surface area contributed by atoms with E-state index in [1.165, 1.54) is 29.2 Å². The average molecular weight is 357 g/mol. The normalized spacial score (nSPS) is 21.0. The Morgan fingerprint density at radius 1 is 1.24 bits per heavy atom. The summed E-state index contributed by atoms with van der Waals surface area (Å²) in [5, 5.41) is 9.54. The van der Waals surface area contributed by atoms with Gasteiger partial charge in [-0.05, 0) is 36.5 Å². The standard InChI is InChI=1S/C18H22F3NO3/c1-12(2)17(16(24)25)9-10-22(11-17)15(23)14-5-3-13(4-6-14)7-8-18(19,20)21/h3-6,12H,7-11H2,1-2H3,(H,24,25). The van der Waals surface area contributed by atoms with Crippen LogP contribution < -0.4 is 0 Å². The monoisotopic (exact) mass is 357 g/mol. The second-order valence-electron chi connectivity index (χ2n) is 6.90. The van der Waals surface area contributed by atoms with Gasteiger partial charge >= 0.3 is 12.1 Å². The first-order chi connectivity index (χ1) is 11.5. The minimum atomic E-state index is -4.21. The predicted octanol–water partition coefficient (Wildman–Crippen LogP) is 3.75. The molecule has 1 aliphatic rings. The minimum Gasteiger partial charge on any atom is -0.481 e. The number of aryl methyl sites for hydroxylation is 1. The van der Waals surface area contributed by atoms with Gasteiger partial charge in [-0.1, -0.05) is 26.0 Å². The smallest absolute Gasteiger partial charge is 0.389 e. The second kappa shape index (κ2) is 7.06. The number of rotatable bonds is 5. The highest BCUT2D eigenvalue weighted by Crippen LogP contribution is 2.38. The molecule has 1 N–H and O–H groups in total. The molecule has 0 saturated carbocycles. The zero-order valence-corrected chi connectivity index (χ0v) is 14.3. The lowest BCUT2D eigenvalue weighted by atomic mass is 9.76. The fourth-order valence-electron chi connectivity index (χ4n) is 3.18. The molecule has 0 spiro atoms. The van der Waals surface area contributed by atoms with Gasteiger partial charge in [0, 0.05) is 25.1 Å². The third kappa shape index (κ3) is 4.32. The van der Waals surface area contributed by atoms with E-state index >= 15 is 0 Å². The number of halogens is 3. The average Bonchev–Trinajstić information content (AvgIpc) is 2.99. The Morgan fingerprint density at radius 2 is 1.84 bits per heavy atom. The van der Waals surface area contributed by atoms with Crippen molar-refractivity contribution in [2.24, 2.45) is 11.3 Å². The number of carbonyl (C=O) groups excluding carboxylic acids is 1. The van der Waals surface area contributed by atoms with Crippen LogP contribution in [0.15, 0.2) is 24.3 Å². The van der Waals surface area contributed by atoms with E-state index in [4.69, 9.17) is 0 Å². The number of amides is 1. The lowest BCUT2D eigenvalue weighted by molar-refractivity contribution is -0.150. The van der Waals surface area contributed by atoms with Crippen LogP contribution >= 0.6 is 0 Å². The van der Waals surface area contributed by atoms with Gasteiger partial charge in [-0.3, -0.25) is 9.59 Å². The highest BCUT2D eigenvalue weighted by Gasteiger charge is 2.48. The summed E-state index contributed by atoms with van der Waals surface area (Å²) in [4.78, 5) is 25.7. The Bertz CT molecular complexity index is 640. The summed E-state index contributed by atoms with van der Waals surface area (Å²) in [6.07, 6.45) is -4.84. The van der Waals surface area contributed by atoms with Crippen LogP contribution in [0.4, 0.5) is 13.2 Å². The lowest BCUT2D eigenvalue weighted by Crippen LogP contribution is -2.40. The number of carboxylic acids is 1. The highest BCUT2D eigenvalue weighted by atomic mass is 19.4. The molecule has 7 heteroatoms. The zero-order valence-electron chi connectivity index (χ0n) is 14.3.